The molecule has 19 heavy (non-hydrogen) atoms. The normalized spacial score (nSPS) is 18.7. The quantitative estimate of drug-likeness (QED) is 0.867. The van der Waals surface area contributed by atoms with Gasteiger partial charge in [-0.1, -0.05) is 0 Å². The zero-order valence-corrected chi connectivity index (χ0v) is 11.5. The average molecular weight is 304 g/mol. The van der Waals surface area contributed by atoms with E-state index < -0.39 is 36.1 Å². The molecule has 3 rings (SSSR count). The van der Waals surface area contributed by atoms with Crippen LogP contribution >= 0.6 is 23.1 Å². The van der Waals surface area contributed by atoms with Crippen molar-refractivity contribution in [3.8, 4) is 0 Å². The van der Waals surface area contributed by atoms with Gasteiger partial charge in [0, 0.05) is 23.1 Å². The van der Waals surface area contributed by atoms with Gasteiger partial charge in [-0.2, -0.15) is 0 Å². The molecule has 1 fully saturated rings. The van der Waals surface area contributed by atoms with E-state index in [-0.39, 0.29) is 0 Å². The molecule has 1 aliphatic rings. The van der Waals surface area contributed by atoms with Gasteiger partial charge in [0.05, 0.1) is 11.4 Å². The van der Waals surface area contributed by atoms with E-state index in [1.165, 1.54) is 23.1 Å². The highest BCUT2D eigenvalue weighted by Gasteiger charge is 2.47. The number of aromatic nitrogens is 2. The predicted molar refractivity (Wildman–Crippen MR) is 71.7 cm³/mol. The largest absolute Gasteiger partial charge is 0.329 e. The molecular weight excluding hydrogens is 294 g/mol. The second kappa shape index (κ2) is 4.17. The minimum atomic E-state index is -2.76. The number of alkyl halides is 2. The van der Waals surface area contributed by atoms with E-state index in [1.807, 2.05) is 6.26 Å². The molecule has 0 radical (unpaired) electrons. The molecule has 0 amide bonds. The minimum Gasteiger partial charge on any atom is -0.298 e. The Morgan fingerprint density at radius 2 is 2.16 bits per heavy atom. The van der Waals surface area contributed by atoms with Crippen molar-refractivity contribution < 1.29 is 8.78 Å². The van der Waals surface area contributed by atoms with Gasteiger partial charge in [-0.15, -0.1) is 23.1 Å². The van der Waals surface area contributed by atoms with Gasteiger partial charge < -0.3 is 0 Å². The molecule has 2 aromatic heterocycles. The van der Waals surface area contributed by atoms with Crippen molar-refractivity contribution in [2.75, 3.05) is 6.26 Å². The molecule has 0 saturated heterocycles. The summed E-state index contributed by atoms with van der Waals surface area (Å²) < 4.78 is 26.8. The number of nitrogens with zero attached hydrogens (tertiary/aromatic N) is 1. The third-order valence-electron chi connectivity index (χ3n) is 3.28. The minimum absolute atomic E-state index is 0.423. The lowest BCUT2D eigenvalue weighted by Crippen LogP contribution is -2.47. The molecule has 0 spiro atoms. The lowest BCUT2D eigenvalue weighted by Gasteiger charge is -2.35. The van der Waals surface area contributed by atoms with Gasteiger partial charge in [-0.3, -0.25) is 14.3 Å². The lowest BCUT2D eigenvalue weighted by molar-refractivity contribution is -0.105. The first-order valence-electron chi connectivity index (χ1n) is 5.61. The number of rotatable bonds is 2. The molecule has 102 valence electrons. The van der Waals surface area contributed by atoms with Gasteiger partial charge in [0.1, 0.15) is 4.83 Å². The van der Waals surface area contributed by atoms with Crippen LogP contribution in [0, 0.1) is 0 Å². The monoisotopic (exact) mass is 304 g/mol. The SMILES string of the molecule is CSc1csc2[nH]c(=O)n(C3CC(F)(F)C3)c(=O)c12. The Bertz CT molecular complexity index is 754. The highest BCUT2D eigenvalue weighted by atomic mass is 32.2. The van der Waals surface area contributed by atoms with E-state index in [1.54, 1.807) is 5.38 Å². The van der Waals surface area contributed by atoms with Crippen LogP contribution in [0.4, 0.5) is 8.78 Å². The number of nitrogens with one attached hydrogen (secondary N) is 1. The molecule has 0 bridgehead atoms. The molecule has 0 aliphatic heterocycles. The van der Waals surface area contributed by atoms with Crippen LogP contribution < -0.4 is 11.2 Å². The summed E-state index contributed by atoms with van der Waals surface area (Å²) in [6.45, 7) is 0. The molecule has 1 saturated carbocycles. The summed E-state index contributed by atoms with van der Waals surface area (Å²) in [7, 11) is 0. The number of aromatic amines is 1. The number of H-pyrrole nitrogens is 1. The molecule has 2 heterocycles. The Balaban J connectivity index is 2.20. The summed E-state index contributed by atoms with van der Waals surface area (Å²) in [6, 6.07) is -0.703. The Labute approximate surface area is 114 Å². The van der Waals surface area contributed by atoms with E-state index in [4.69, 9.17) is 0 Å². The van der Waals surface area contributed by atoms with E-state index in [2.05, 4.69) is 4.98 Å². The van der Waals surface area contributed by atoms with Crippen molar-refractivity contribution in [2.24, 2.45) is 0 Å². The van der Waals surface area contributed by atoms with Crippen LogP contribution in [0.2, 0.25) is 0 Å². The third kappa shape index (κ3) is 1.93. The van der Waals surface area contributed by atoms with Crippen molar-refractivity contribution in [2.45, 2.75) is 29.7 Å². The van der Waals surface area contributed by atoms with E-state index in [0.717, 1.165) is 9.46 Å². The van der Waals surface area contributed by atoms with Crippen LogP contribution in [0.3, 0.4) is 0 Å². The summed E-state index contributed by atoms with van der Waals surface area (Å²) in [6.07, 6.45) is 0.939. The summed E-state index contributed by atoms with van der Waals surface area (Å²) in [5, 5.41) is 2.21. The van der Waals surface area contributed by atoms with Gasteiger partial charge >= 0.3 is 5.69 Å². The van der Waals surface area contributed by atoms with Crippen LogP contribution in [0.15, 0.2) is 19.9 Å². The Morgan fingerprint density at radius 3 is 2.74 bits per heavy atom. The fraction of sp³-hybridized carbons (Fsp3) is 0.455. The second-order valence-electron chi connectivity index (χ2n) is 4.53. The molecule has 1 aliphatic carbocycles. The first-order valence-corrected chi connectivity index (χ1v) is 7.71. The van der Waals surface area contributed by atoms with E-state index in [9.17, 15) is 18.4 Å². The number of fused-ring (bicyclic) bond motifs is 1. The lowest BCUT2D eigenvalue weighted by atomic mass is 9.88. The Morgan fingerprint density at radius 1 is 1.47 bits per heavy atom. The number of thiophene rings is 1. The van der Waals surface area contributed by atoms with Crippen molar-refractivity contribution in [1.29, 1.82) is 0 Å². The highest BCUT2D eigenvalue weighted by Crippen LogP contribution is 2.44. The van der Waals surface area contributed by atoms with Crippen LogP contribution in [0.5, 0.6) is 0 Å². The summed E-state index contributed by atoms with van der Waals surface area (Å²) in [4.78, 5) is 28.1. The first kappa shape index (κ1) is 12.9. The molecule has 0 aromatic carbocycles. The van der Waals surface area contributed by atoms with Crippen LogP contribution in [-0.4, -0.2) is 21.7 Å². The van der Waals surface area contributed by atoms with Crippen LogP contribution in [-0.2, 0) is 0 Å². The average Bonchev–Trinajstić information content (AvgIpc) is 2.69. The van der Waals surface area contributed by atoms with Crippen molar-refractivity contribution in [3.63, 3.8) is 0 Å². The van der Waals surface area contributed by atoms with Crippen LogP contribution in [0.1, 0.15) is 18.9 Å². The maximum Gasteiger partial charge on any atom is 0.329 e. The molecule has 2 aromatic rings. The Kier molecular flexibility index (Phi) is 2.82. The fourth-order valence-corrected chi connectivity index (χ4v) is 4.09. The van der Waals surface area contributed by atoms with Crippen molar-refractivity contribution >= 4 is 33.3 Å². The molecule has 4 nitrogen and oxygen atoms in total. The first-order chi connectivity index (χ1) is 8.93. The van der Waals surface area contributed by atoms with Gasteiger partial charge in [-0.25, -0.2) is 13.6 Å². The Hall–Kier alpha value is -1.15. The summed E-state index contributed by atoms with van der Waals surface area (Å²) >= 11 is 2.67. The fourth-order valence-electron chi connectivity index (χ4n) is 2.30. The topological polar surface area (TPSA) is 54.9 Å². The number of thioether (sulfide) groups is 1. The molecular formula is C11H10F2N2O2S2. The number of hydrogen-bond acceptors (Lipinski definition) is 4. The second-order valence-corrected chi connectivity index (χ2v) is 6.26. The molecule has 0 unspecified atom stereocenters. The third-order valence-corrected chi connectivity index (χ3v) is 5.09. The van der Waals surface area contributed by atoms with Crippen LogP contribution in [0.25, 0.3) is 10.2 Å². The van der Waals surface area contributed by atoms with Crippen molar-refractivity contribution in [3.05, 3.63) is 26.2 Å². The number of halogens is 2. The molecule has 8 heteroatoms. The maximum absolute atomic E-state index is 12.9. The maximum atomic E-state index is 12.9. The van der Waals surface area contributed by atoms with Gasteiger partial charge in [-0.05, 0) is 6.26 Å². The van der Waals surface area contributed by atoms with Gasteiger partial charge in [0.2, 0.25) is 0 Å². The van der Waals surface area contributed by atoms with E-state index in [0.29, 0.717) is 10.2 Å². The van der Waals surface area contributed by atoms with Gasteiger partial charge in [0.15, 0.2) is 0 Å². The predicted octanol–water partition coefficient (Wildman–Crippen LogP) is 2.44. The smallest absolute Gasteiger partial charge is 0.298 e. The summed E-state index contributed by atoms with van der Waals surface area (Å²) in [5.74, 6) is -2.76. The number of hydrogen-bond donors (Lipinski definition) is 1. The zero-order chi connectivity index (χ0) is 13.8. The molecule has 1 N–H and O–H groups in total. The standard InChI is InChI=1S/C11H10F2N2O2S2/c1-18-6-4-19-8-7(6)9(16)15(10(17)14-8)5-2-11(12,13)3-5/h4-5H,2-3H2,1H3,(H,14,17). The van der Waals surface area contributed by atoms with E-state index >= 15 is 0 Å². The highest BCUT2D eigenvalue weighted by molar-refractivity contribution is 7.99. The zero-order valence-electron chi connectivity index (χ0n) is 9.91. The van der Waals surface area contributed by atoms with Crippen molar-refractivity contribution in [1.82, 2.24) is 9.55 Å². The molecule has 0 atom stereocenters. The summed E-state index contributed by atoms with van der Waals surface area (Å²) in [5.41, 5.74) is -1.07. The van der Waals surface area contributed by atoms with Gasteiger partial charge in [0.25, 0.3) is 11.5 Å².